The molecule has 0 bridgehead atoms. The largest absolute Gasteiger partial charge is 0.381 e. The topological polar surface area (TPSA) is 70.6 Å². The van der Waals surface area contributed by atoms with Crippen molar-refractivity contribution < 1.29 is 8.95 Å². The van der Waals surface area contributed by atoms with E-state index < -0.39 is 10.8 Å². The first-order chi connectivity index (χ1) is 15.6. The van der Waals surface area contributed by atoms with Gasteiger partial charge in [-0.25, -0.2) is 4.98 Å². The van der Waals surface area contributed by atoms with Crippen molar-refractivity contribution >= 4 is 39.9 Å². The molecule has 0 amide bonds. The van der Waals surface area contributed by atoms with Gasteiger partial charge in [-0.2, -0.15) is 4.98 Å². The number of fused-ring (bicyclic) bond motifs is 1. The molecule has 1 aromatic heterocycles. The second-order valence-corrected chi connectivity index (χ2v) is 10.7. The van der Waals surface area contributed by atoms with Crippen molar-refractivity contribution in [1.29, 1.82) is 0 Å². The Kier molecular flexibility index (Phi) is 6.53. The van der Waals surface area contributed by atoms with Crippen LogP contribution in [0.25, 0.3) is 0 Å². The number of aryl methyl sites for hydroxylation is 2. The number of nitrogens with one attached hydrogen (secondary N) is 1. The zero-order chi connectivity index (χ0) is 22.1. The third-order valence-electron chi connectivity index (χ3n) is 6.52. The van der Waals surface area contributed by atoms with E-state index in [1.54, 1.807) is 0 Å². The molecule has 7 nitrogen and oxygen atoms in total. The summed E-state index contributed by atoms with van der Waals surface area (Å²) in [5, 5.41) is 4.35. The number of hydrogen-bond donors (Lipinski definition) is 1. The first-order valence-corrected chi connectivity index (χ1v) is 13.2. The zero-order valence-electron chi connectivity index (χ0n) is 18.5. The summed E-state index contributed by atoms with van der Waals surface area (Å²) < 4.78 is 18.2. The fourth-order valence-electron chi connectivity index (χ4n) is 4.79. The predicted molar refractivity (Wildman–Crippen MR) is 130 cm³/mol. The van der Waals surface area contributed by atoms with E-state index in [9.17, 15) is 4.21 Å². The third kappa shape index (κ3) is 4.58. The summed E-state index contributed by atoms with van der Waals surface area (Å²) in [6.45, 7) is 7.27. The van der Waals surface area contributed by atoms with Crippen LogP contribution in [0.2, 0.25) is 5.02 Å². The summed E-state index contributed by atoms with van der Waals surface area (Å²) in [6, 6.07) is 6.41. The van der Waals surface area contributed by atoms with E-state index in [2.05, 4.69) is 28.1 Å². The Balaban J connectivity index is 1.37. The van der Waals surface area contributed by atoms with Gasteiger partial charge in [0.05, 0.1) is 16.5 Å². The highest BCUT2D eigenvalue weighted by Crippen LogP contribution is 2.32. The van der Waals surface area contributed by atoms with E-state index in [4.69, 9.17) is 26.3 Å². The molecule has 1 unspecified atom stereocenters. The Labute approximate surface area is 197 Å². The van der Waals surface area contributed by atoms with Crippen LogP contribution in [0.4, 0.5) is 17.5 Å². The predicted octanol–water partition coefficient (Wildman–Crippen LogP) is 3.41. The molecule has 2 aromatic rings. The average molecular weight is 476 g/mol. The lowest BCUT2D eigenvalue weighted by molar-refractivity contribution is 0.0903. The van der Waals surface area contributed by atoms with E-state index in [0.717, 1.165) is 92.5 Å². The summed E-state index contributed by atoms with van der Waals surface area (Å²) in [5.41, 5.74) is 3.38. The molecule has 0 saturated carbocycles. The van der Waals surface area contributed by atoms with E-state index in [-0.39, 0.29) is 0 Å². The molecule has 3 aliphatic rings. The van der Waals surface area contributed by atoms with Gasteiger partial charge in [0.15, 0.2) is 0 Å². The van der Waals surface area contributed by atoms with Crippen LogP contribution in [0, 0.1) is 6.92 Å². The maximum atomic E-state index is 12.7. The molecular formula is C23H30ClN5O2S. The molecule has 5 rings (SSSR count). The van der Waals surface area contributed by atoms with Gasteiger partial charge in [0.2, 0.25) is 5.95 Å². The maximum Gasteiger partial charge on any atom is 0.227 e. The summed E-state index contributed by atoms with van der Waals surface area (Å²) in [7, 11) is -1.02. The van der Waals surface area contributed by atoms with Crippen LogP contribution >= 0.6 is 11.6 Å². The highest BCUT2D eigenvalue weighted by Gasteiger charge is 2.29. The quantitative estimate of drug-likeness (QED) is 0.726. The van der Waals surface area contributed by atoms with Crippen molar-refractivity contribution in [2.45, 2.75) is 43.5 Å². The standard InChI is InChI=1S/C23H30ClN5O2S/c1-16-15-17(24)3-4-20(16)28-8-2-9-29(11-10-28)23-26-19-7-14-32(30)21(19)22(27-23)25-18-5-12-31-13-6-18/h3-4,15,18H,2,5-14H2,1H3,(H,25,26,27). The summed E-state index contributed by atoms with van der Waals surface area (Å²) in [4.78, 5) is 15.3. The van der Waals surface area contributed by atoms with Gasteiger partial charge in [-0.15, -0.1) is 0 Å². The minimum atomic E-state index is -1.02. The zero-order valence-corrected chi connectivity index (χ0v) is 20.1. The number of rotatable bonds is 4. The molecular weight excluding hydrogens is 446 g/mol. The molecule has 0 spiro atoms. The molecule has 3 aliphatic heterocycles. The summed E-state index contributed by atoms with van der Waals surface area (Å²) >= 11 is 6.15. The molecule has 1 atom stereocenters. The lowest BCUT2D eigenvalue weighted by atomic mass is 10.1. The Morgan fingerprint density at radius 2 is 1.91 bits per heavy atom. The second-order valence-electron chi connectivity index (χ2n) is 8.74. The lowest BCUT2D eigenvalue weighted by Gasteiger charge is -2.27. The summed E-state index contributed by atoms with van der Waals surface area (Å²) in [5.74, 6) is 2.16. The first kappa shape index (κ1) is 21.9. The molecule has 172 valence electrons. The number of hydrogen-bond acceptors (Lipinski definition) is 7. The molecule has 2 saturated heterocycles. The highest BCUT2D eigenvalue weighted by atomic mass is 35.5. The van der Waals surface area contributed by atoms with Crippen LogP contribution in [0.5, 0.6) is 0 Å². The molecule has 2 fully saturated rings. The van der Waals surface area contributed by atoms with Gasteiger partial charge in [0.1, 0.15) is 10.7 Å². The van der Waals surface area contributed by atoms with Crippen LogP contribution in [0.15, 0.2) is 23.1 Å². The smallest absolute Gasteiger partial charge is 0.227 e. The lowest BCUT2D eigenvalue weighted by Crippen LogP contribution is -2.33. The molecule has 32 heavy (non-hydrogen) atoms. The van der Waals surface area contributed by atoms with E-state index in [1.165, 1.54) is 11.3 Å². The van der Waals surface area contributed by atoms with Crippen molar-refractivity contribution in [3.05, 3.63) is 34.5 Å². The van der Waals surface area contributed by atoms with Crippen molar-refractivity contribution in [2.75, 3.05) is 60.3 Å². The fourth-order valence-corrected chi connectivity index (χ4v) is 6.33. The minimum Gasteiger partial charge on any atom is -0.381 e. The van der Waals surface area contributed by atoms with Crippen LogP contribution in [0.3, 0.4) is 0 Å². The number of nitrogens with zero attached hydrogens (tertiary/aromatic N) is 4. The van der Waals surface area contributed by atoms with Crippen LogP contribution in [0.1, 0.15) is 30.5 Å². The van der Waals surface area contributed by atoms with E-state index in [0.29, 0.717) is 11.8 Å². The Morgan fingerprint density at radius 3 is 2.72 bits per heavy atom. The number of aromatic nitrogens is 2. The second kappa shape index (κ2) is 9.53. The monoisotopic (exact) mass is 475 g/mol. The van der Waals surface area contributed by atoms with Crippen molar-refractivity contribution in [3.8, 4) is 0 Å². The van der Waals surface area contributed by atoms with Gasteiger partial charge in [-0.05, 0) is 49.9 Å². The van der Waals surface area contributed by atoms with Crippen molar-refractivity contribution in [1.82, 2.24) is 9.97 Å². The molecule has 4 heterocycles. The normalized spacial score (nSPS) is 22.0. The fraction of sp³-hybridized carbons (Fsp3) is 0.565. The molecule has 0 aliphatic carbocycles. The van der Waals surface area contributed by atoms with Gasteiger partial charge >= 0.3 is 0 Å². The van der Waals surface area contributed by atoms with Crippen molar-refractivity contribution in [3.63, 3.8) is 0 Å². The number of halogens is 1. The van der Waals surface area contributed by atoms with Crippen LogP contribution in [-0.2, 0) is 22.0 Å². The van der Waals surface area contributed by atoms with Crippen LogP contribution < -0.4 is 15.1 Å². The van der Waals surface area contributed by atoms with Crippen molar-refractivity contribution in [2.24, 2.45) is 0 Å². The Morgan fingerprint density at radius 1 is 1.12 bits per heavy atom. The number of anilines is 3. The molecule has 9 heteroatoms. The maximum absolute atomic E-state index is 12.7. The number of benzene rings is 1. The Hall–Kier alpha value is -1.90. The SMILES string of the molecule is Cc1cc(Cl)ccc1N1CCCN(c2nc3c(c(NC4CCOCC4)n2)S(=O)CC3)CC1. The van der Waals surface area contributed by atoms with E-state index >= 15 is 0 Å². The number of ether oxygens (including phenoxy) is 1. The first-order valence-electron chi connectivity index (χ1n) is 11.5. The molecule has 1 aromatic carbocycles. The molecule has 1 N–H and O–H groups in total. The molecule has 0 radical (unpaired) electrons. The Bertz CT molecular complexity index is 1010. The minimum absolute atomic E-state index is 0.306. The van der Waals surface area contributed by atoms with Gasteiger partial charge in [0, 0.05) is 68.3 Å². The third-order valence-corrected chi connectivity index (χ3v) is 8.21. The van der Waals surface area contributed by atoms with Gasteiger partial charge < -0.3 is 19.9 Å². The van der Waals surface area contributed by atoms with Gasteiger partial charge in [-0.1, -0.05) is 11.6 Å². The highest BCUT2D eigenvalue weighted by molar-refractivity contribution is 7.85. The summed E-state index contributed by atoms with van der Waals surface area (Å²) in [6.07, 6.45) is 3.67. The average Bonchev–Trinajstić information content (AvgIpc) is 3.00. The van der Waals surface area contributed by atoms with E-state index in [1.807, 2.05) is 12.1 Å². The van der Waals surface area contributed by atoms with Gasteiger partial charge in [-0.3, -0.25) is 4.21 Å². The van der Waals surface area contributed by atoms with Crippen LogP contribution in [-0.4, -0.2) is 65.4 Å². The van der Waals surface area contributed by atoms with Gasteiger partial charge in [0.25, 0.3) is 0 Å².